The first-order valence-corrected chi connectivity index (χ1v) is 12.3. The largest absolute Gasteiger partial charge is 0.352 e. The number of aryl methyl sites for hydroxylation is 1. The number of hydrogen-bond donors (Lipinski definition) is 1. The molecule has 0 aliphatic heterocycles. The monoisotopic (exact) mass is 466 g/mol. The van der Waals surface area contributed by atoms with Gasteiger partial charge in [0.05, 0.1) is 15.6 Å². The molecule has 1 N–H and O–H groups in total. The fourth-order valence-corrected chi connectivity index (χ4v) is 6.49. The number of carbonyl (C=O) groups excluding carboxylic acids is 1. The Morgan fingerprint density at radius 1 is 1.10 bits per heavy atom. The van der Waals surface area contributed by atoms with Crippen molar-refractivity contribution in [2.24, 2.45) is 11.8 Å². The third-order valence-corrected chi connectivity index (χ3v) is 8.49. The highest BCUT2D eigenvalue weighted by Crippen LogP contribution is 2.44. The SMILES string of the molecule is Cc1ccc(S(=O)(=O)N(CC(=O)N[C@@H]2C[C@H]3CC[C@H]2C3)c2cc(Cl)ccc2Cl)cc1. The number of sulfonamides is 1. The van der Waals surface area contributed by atoms with E-state index in [1.54, 1.807) is 18.2 Å². The molecule has 2 aliphatic rings. The number of anilines is 1. The fraction of sp³-hybridized carbons (Fsp3) is 0.409. The van der Waals surface area contributed by atoms with E-state index < -0.39 is 10.0 Å². The highest BCUT2D eigenvalue weighted by molar-refractivity contribution is 7.92. The summed E-state index contributed by atoms with van der Waals surface area (Å²) in [5.74, 6) is 0.838. The summed E-state index contributed by atoms with van der Waals surface area (Å²) in [5, 5.41) is 3.61. The minimum atomic E-state index is -4.02. The lowest BCUT2D eigenvalue weighted by Gasteiger charge is -2.28. The van der Waals surface area contributed by atoms with Gasteiger partial charge in [-0.3, -0.25) is 9.10 Å². The van der Waals surface area contributed by atoms with Crippen molar-refractivity contribution in [1.29, 1.82) is 0 Å². The van der Waals surface area contributed by atoms with Crippen molar-refractivity contribution >= 4 is 44.8 Å². The molecule has 160 valence electrons. The van der Waals surface area contributed by atoms with Crippen LogP contribution in [0.15, 0.2) is 47.4 Å². The summed E-state index contributed by atoms with van der Waals surface area (Å²) in [7, 11) is -4.02. The average molecular weight is 467 g/mol. The van der Waals surface area contributed by atoms with Crippen molar-refractivity contribution in [2.45, 2.75) is 43.5 Å². The van der Waals surface area contributed by atoms with E-state index in [9.17, 15) is 13.2 Å². The Kier molecular flexibility index (Phi) is 6.02. The number of benzene rings is 2. The molecular formula is C22H24Cl2N2O3S. The number of fused-ring (bicyclic) bond motifs is 2. The third-order valence-electron chi connectivity index (χ3n) is 6.16. The summed E-state index contributed by atoms with van der Waals surface area (Å²) >= 11 is 12.4. The quantitative estimate of drug-likeness (QED) is 0.664. The smallest absolute Gasteiger partial charge is 0.264 e. The molecule has 0 unspecified atom stereocenters. The molecule has 0 saturated heterocycles. The maximum Gasteiger partial charge on any atom is 0.264 e. The average Bonchev–Trinajstić information content (AvgIpc) is 3.31. The van der Waals surface area contributed by atoms with Crippen LogP contribution in [0.2, 0.25) is 10.0 Å². The van der Waals surface area contributed by atoms with Gasteiger partial charge >= 0.3 is 0 Å². The Balaban J connectivity index is 1.64. The highest BCUT2D eigenvalue weighted by Gasteiger charge is 2.40. The maximum atomic E-state index is 13.5. The number of nitrogens with one attached hydrogen (secondary N) is 1. The summed E-state index contributed by atoms with van der Waals surface area (Å²) in [5.41, 5.74) is 1.13. The molecule has 0 aromatic heterocycles. The van der Waals surface area contributed by atoms with Crippen molar-refractivity contribution in [2.75, 3.05) is 10.8 Å². The maximum absolute atomic E-state index is 13.5. The van der Waals surface area contributed by atoms with Crippen LogP contribution in [-0.4, -0.2) is 26.9 Å². The zero-order valence-corrected chi connectivity index (χ0v) is 19.0. The van der Waals surface area contributed by atoms with Crippen LogP contribution < -0.4 is 9.62 Å². The predicted octanol–water partition coefficient (Wildman–Crippen LogP) is 4.80. The number of rotatable bonds is 6. The normalized spacial score (nSPS) is 22.8. The molecule has 0 radical (unpaired) electrons. The minimum absolute atomic E-state index is 0.0943. The van der Waals surface area contributed by atoms with Crippen LogP contribution in [0.4, 0.5) is 5.69 Å². The van der Waals surface area contributed by atoms with Crippen molar-refractivity contribution in [3.63, 3.8) is 0 Å². The number of hydrogen-bond acceptors (Lipinski definition) is 3. The molecule has 4 rings (SSSR count). The molecule has 8 heteroatoms. The topological polar surface area (TPSA) is 66.5 Å². The van der Waals surface area contributed by atoms with Crippen LogP contribution in [0.25, 0.3) is 0 Å². The van der Waals surface area contributed by atoms with Gasteiger partial charge in [-0.25, -0.2) is 8.42 Å². The fourth-order valence-electron chi connectivity index (χ4n) is 4.62. The van der Waals surface area contributed by atoms with E-state index in [4.69, 9.17) is 23.2 Å². The predicted molar refractivity (Wildman–Crippen MR) is 120 cm³/mol. The van der Waals surface area contributed by atoms with Gasteiger partial charge in [-0.2, -0.15) is 0 Å². The molecule has 2 aliphatic carbocycles. The van der Waals surface area contributed by atoms with E-state index in [0.717, 1.165) is 29.1 Å². The minimum Gasteiger partial charge on any atom is -0.352 e. The Morgan fingerprint density at radius 3 is 2.47 bits per heavy atom. The van der Waals surface area contributed by atoms with Crippen LogP contribution >= 0.6 is 23.2 Å². The van der Waals surface area contributed by atoms with Gasteiger partial charge in [0.25, 0.3) is 10.0 Å². The van der Waals surface area contributed by atoms with Crippen LogP contribution in [0.3, 0.4) is 0 Å². The zero-order chi connectivity index (χ0) is 21.5. The molecule has 0 heterocycles. The van der Waals surface area contributed by atoms with Crippen molar-refractivity contribution in [3.8, 4) is 0 Å². The molecule has 2 aromatic rings. The van der Waals surface area contributed by atoms with E-state index in [1.165, 1.54) is 30.7 Å². The number of amides is 1. The number of halogens is 2. The van der Waals surface area contributed by atoms with Gasteiger partial charge < -0.3 is 5.32 Å². The summed E-state index contributed by atoms with van der Waals surface area (Å²) in [4.78, 5) is 13.0. The summed E-state index contributed by atoms with van der Waals surface area (Å²) < 4.78 is 28.0. The lowest BCUT2D eigenvalue weighted by Crippen LogP contribution is -2.46. The molecule has 5 nitrogen and oxygen atoms in total. The van der Waals surface area contributed by atoms with Crippen LogP contribution in [0.5, 0.6) is 0 Å². The Hall–Kier alpha value is -1.76. The molecule has 2 saturated carbocycles. The van der Waals surface area contributed by atoms with E-state index in [0.29, 0.717) is 16.9 Å². The summed E-state index contributed by atoms with van der Waals surface area (Å²) in [6, 6.07) is 11.2. The van der Waals surface area contributed by atoms with Crippen molar-refractivity contribution in [1.82, 2.24) is 5.32 Å². The highest BCUT2D eigenvalue weighted by atomic mass is 35.5. The molecular weight excluding hydrogens is 443 g/mol. The van der Waals surface area contributed by atoms with E-state index in [-0.39, 0.29) is 34.1 Å². The first-order chi connectivity index (χ1) is 14.2. The second kappa shape index (κ2) is 8.40. The first kappa shape index (κ1) is 21.5. The van der Waals surface area contributed by atoms with E-state index in [2.05, 4.69) is 5.32 Å². The first-order valence-electron chi connectivity index (χ1n) is 10.1. The van der Waals surface area contributed by atoms with E-state index in [1.807, 2.05) is 6.92 Å². The standard InChI is InChI=1S/C22H24Cl2N2O3S/c1-14-2-7-18(8-3-14)30(28,29)26(21-12-17(23)6-9-19(21)24)13-22(27)25-20-11-15-4-5-16(20)10-15/h2-3,6-9,12,15-16,20H,4-5,10-11,13H2,1H3,(H,25,27)/t15-,16-,20+/m0/s1. The Bertz CT molecular complexity index is 1060. The third kappa shape index (κ3) is 4.32. The Morgan fingerprint density at radius 2 is 1.83 bits per heavy atom. The van der Waals surface area contributed by atoms with Gasteiger partial charge in [-0.05, 0) is 68.4 Å². The molecule has 0 spiro atoms. The van der Waals surface area contributed by atoms with Gasteiger partial charge in [0.2, 0.25) is 5.91 Å². The number of carbonyl (C=O) groups is 1. The van der Waals surface area contributed by atoms with Gasteiger partial charge in [-0.1, -0.05) is 47.3 Å². The molecule has 2 bridgehead atoms. The molecule has 2 aromatic carbocycles. The van der Waals surface area contributed by atoms with Gasteiger partial charge in [0.15, 0.2) is 0 Å². The lowest BCUT2D eigenvalue weighted by atomic mass is 9.95. The molecule has 30 heavy (non-hydrogen) atoms. The van der Waals surface area contributed by atoms with E-state index >= 15 is 0 Å². The number of nitrogens with zero attached hydrogens (tertiary/aromatic N) is 1. The second-order valence-corrected chi connectivity index (χ2v) is 11.0. The van der Waals surface area contributed by atoms with Gasteiger partial charge in [-0.15, -0.1) is 0 Å². The van der Waals surface area contributed by atoms with Gasteiger partial charge in [0, 0.05) is 11.1 Å². The summed E-state index contributed by atoms with van der Waals surface area (Å²) in [6.07, 6.45) is 4.47. The van der Waals surface area contributed by atoms with Crippen molar-refractivity contribution in [3.05, 3.63) is 58.1 Å². The Labute approximate surface area is 187 Å². The lowest BCUT2D eigenvalue weighted by molar-refractivity contribution is -0.120. The second-order valence-electron chi connectivity index (χ2n) is 8.27. The van der Waals surface area contributed by atoms with Crippen LogP contribution in [0, 0.1) is 18.8 Å². The van der Waals surface area contributed by atoms with Crippen molar-refractivity contribution < 1.29 is 13.2 Å². The summed E-state index contributed by atoms with van der Waals surface area (Å²) in [6.45, 7) is 1.52. The molecule has 2 fully saturated rings. The van der Waals surface area contributed by atoms with Crippen LogP contribution in [0.1, 0.15) is 31.2 Å². The molecule has 1 amide bonds. The van der Waals surface area contributed by atoms with Gasteiger partial charge in [0.1, 0.15) is 6.54 Å². The zero-order valence-electron chi connectivity index (χ0n) is 16.6. The van der Waals surface area contributed by atoms with Crippen LogP contribution in [-0.2, 0) is 14.8 Å². The molecule has 3 atom stereocenters.